The maximum atomic E-state index is 11.9. The molecule has 0 aliphatic heterocycles. The number of fused-ring (bicyclic) bond motifs is 1. The van der Waals surface area contributed by atoms with Crippen molar-refractivity contribution in [3.05, 3.63) is 69.7 Å². The molecule has 0 atom stereocenters. The zero-order valence-corrected chi connectivity index (χ0v) is 12.9. The molecule has 0 unspecified atom stereocenters. The summed E-state index contributed by atoms with van der Waals surface area (Å²) in [6, 6.07) is 13.0. The van der Waals surface area contributed by atoms with Crippen molar-refractivity contribution in [2.24, 2.45) is 0 Å². The van der Waals surface area contributed by atoms with E-state index >= 15 is 0 Å². The van der Waals surface area contributed by atoms with Crippen molar-refractivity contribution in [3.8, 4) is 0 Å². The number of benzene rings is 2. The number of ketones is 2. The van der Waals surface area contributed by atoms with E-state index < -0.39 is 11.6 Å². The maximum absolute atomic E-state index is 11.9. The van der Waals surface area contributed by atoms with Crippen LogP contribution in [0.4, 0.5) is 5.69 Å². The Morgan fingerprint density at radius 2 is 1.71 bits per heavy atom. The highest BCUT2D eigenvalue weighted by atomic mass is 79.9. The lowest BCUT2D eigenvalue weighted by Gasteiger charge is -2.18. The fraction of sp³-hybridized carbons (Fsp3) is 0.0588. The van der Waals surface area contributed by atoms with Gasteiger partial charge in [0.1, 0.15) is 0 Å². The molecule has 0 heterocycles. The number of halogens is 1. The molecular weight excluding hydrogens is 330 g/mol. The Labute approximate surface area is 130 Å². The predicted octanol–water partition coefficient (Wildman–Crippen LogP) is 3.98. The second-order valence-corrected chi connectivity index (χ2v) is 5.76. The van der Waals surface area contributed by atoms with Crippen LogP contribution < -0.4 is 5.32 Å². The van der Waals surface area contributed by atoms with Crippen LogP contribution in [-0.4, -0.2) is 11.6 Å². The zero-order valence-electron chi connectivity index (χ0n) is 11.3. The van der Waals surface area contributed by atoms with E-state index in [1.807, 2.05) is 37.3 Å². The molecule has 21 heavy (non-hydrogen) atoms. The number of anilines is 1. The Kier molecular flexibility index (Phi) is 3.47. The van der Waals surface area contributed by atoms with E-state index in [0.717, 1.165) is 21.3 Å². The molecule has 0 bridgehead atoms. The summed E-state index contributed by atoms with van der Waals surface area (Å²) in [5.41, 5.74) is 3.81. The molecule has 4 heteroatoms. The zero-order chi connectivity index (χ0) is 15.0. The van der Waals surface area contributed by atoms with Gasteiger partial charge in [-0.1, -0.05) is 30.3 Å². The lowest BCUT2D eigenvalue weighted by atomic mass is 9.92. The lowest BCUT2D eigenvalue weighted by molar-refractivity contribution is -0.111. The molecule has 1 N–H and O–H groups in total. The minimum absolute atomic E-state index is 0.440. The molecule has 0 aromatic heterocycles. The summed E-state index contributed by atoms with van der Waals surface area (Å²) in [6.07, 6.45) is 1.36. The number of nitrogens with one attached hydrogen (secondary N) is 1. The van der Waals surface area contributed by atoms with Gasteiger partial charge in [-0.05, 0) is 40.5 Å². The molecular formula is C17H12BrNO2. The molecule has 2 aromatic carbocycles. The second kappa shape index (κ2) is 5.30. The summed E-state index contributed by atoms with van der Waals surface area (Å²) in [6.45, 7) is 2.01. The molecule has 1 aliphatic carbocycles. The molecule has 0 saturated heterocycles. The van der Waals surface area contributed by atoms with Crippen LogP contribution in [0.3, 0.4) is 0 Å². The smallest absolute Gasteiger partial charge is 0.233 e. The van der Waals surface area contributed by atoms with Gasteiger partial charge in [-0.25, -0.2) is 0 Å². The van der Waals surface area contributed by atoms with Crippen molar-refractivity contribution in [2.45, 2.75) is 6.92 Å². The van der Waals surface area contributed by atoms with Crippen molar-refractivity contribution >= 4 is 38.9 Å². The highest BCUT2D eigenvalue weighted by molar-refractivity contribution is 9.10. The van der Waals surface area contributed by atoms with Gasteiger partial charge in [0.05, 0.1) is 11.4 Å². The molecule has 3 rings (SSSR count). The van der Waals surface area contributed by atoms with Crippen LogP contribution in [0.5, 0.6) is 0 Å². The summed E-state index contributed by atoms with van der Waals surface area (Å²) >= 11 is 3.50. The molecule has 0 radical (unpaired) electrons. The van der Waals surface area contributed by atoms with E-state index in [4.69, 9.17) is 0 Å². The van der Waals surface area contributed by atoms with Crippen LogP contribution >= 0.6 is 15.9 Å². The van der Waals surface area contributed by atoms with Gasteiger partial charge >= 0.3 is 0 Å². The number of rotatable bonds is 2. The quantitative estimate of drug-likeness (QED) is 0.840. The number of aryl methyl sites for hydroxylation is 1. The third kappa shape index (κ3) is 2.54. The Morgan fingerprint density at radius 1 is 1.00 bits per heavy atom. The number of Topliss-reactive ketones (excluding diaryl/α,β-unsaturated/α-hetero) is 1. The second-order valence-electron chi connectivity index (χ2n) is 4.91. The van der Waals surface area contributed by atoms with Crippen LogP contribution in [0.1, 0.15) is 21.5 Å². The van der Waals surface area contributed by atoms with Gasteiger partial charge in [0.15, 0.2) is 0 Å². The van der Waals surface area contributed by atoms with Gasteiger partial charge in [-0.15, -0.1) is 0 Å². The first-order chi connectivity index (χ1) is 10.1. The third-order valence-electron chi connectivity index (χ3n) is 3.36. The normalized spacial score (nSPS) is 13.7. The van der Waals surface area contributed by atoms with Gasteiger partial charge in [-0.2, -0.15) is 0 Å². The predicted molar refractivity (Wildman–Crippen MR) is 86.3 cm³/mol. The van der Waals surface area contributed by atoms with E-state index in [1.165, 1.54) is 6.08 Å². The number of carbonyl (C=O) groups is 2. The van der Waals surface area contributed by atoms with Crippen LogP contribution in [0.2, 0.25) is 0 Å². The number of allylic oxidation sites excluding steroid dienone is 1. The fourth-order valence-corrected chi connectivity index (χ4v) is 2.89. The Hall–Kier alpha value is -2.20. The van der Waals surface area contributed by atoms with Crippen molar-refractivity contribution in [3.63, 3.8) is 0 Å². The minimum Gasteiger partial charge on any atom is -0.354 e. The van der Waals surface area contributed by atoms with Crippen molar-refractivity contribution in [1.82, 2.24) is 0 Å². The maximum Gasteiger partial charge on any atom is 0.233 e. The number of hydrogen-bond acceptors (Lipinski definition) is 3. The molecule has 0 spiro atoms. The molecule has 3 nitrogen and oxygen atoms in total. The van der Waals surface area contributed by atoms with E-state index in [-0.39, 0.29) is 0 Å². The standard InChI is InChI=1S/C17H12BrNO2/c1-10-6-7-14(13(18)8-10)19-15-9-16(20)17(21)12-5-3-2-4-11(12)15/h2-9,19H,1H3. The van der Waals surface area contributed by atoms with E-state index in [9.17, 15) is 9.59 Å². The van der Waals surface area contributed by atoms with Gasteiger partial charge < -0.3 is 5.32 Å². The average molecular weight is 342 g/mol. The molecule has 1 aliphatic rings. The highest BCUT2D eigenvalue weighted by Gasteiger charge is 2.25. The minimum atomic E-state index is -0.501. The van der Waals surface area contributed by atoms with E-state index in [2.05, 4.69) is 21.2 Å². The summed E-state index contributed by atoms with van der Waals surface area (Å²) in [7, 11) is 0. The van der Waals surface area contributed by atoms with Crippen LogP contribution in [0.25, 0.3) is 5.70 Å². The first kappa shape index (κ1) is 13.8. The van der Waals surface area contributed by atoms with Crippen LogP contribution in [0.15, 0.2) is 53.0 Å². The SMILES string of the molecule is Cc1ccc(NC2=CC(=O)C(=O)c3ccccc32)c(Br)c1. The Morgan fingerprint density at radius 3 is 2.43 bits per heavy atom. The van der Waals surface area contributed by atoms with Gasteiger partial charge in [-0.3, -0.25) is 9.59 Å². The lowest BCUT2D eigenvalue weighted by Crippen LogP contribution is -2.21. The summed E-state index contributed by atoms with van der Waals surface area (Å²) < 4.78 is 0.908. The molecule has 0 saturated carbocycles. The first-order valence-electron chi connectivity index (χ1n) is 6.49. The Balaban J connectivity index is 2.04. The van der Waals surface area contributed by atoms with Gasteiger partial charge in [0, 0.05) is 21.7 Å². The van der Waals surface area contributed by atoms with Gasteiger partial charge in [0.2, 0.25) is 11.6 Å². The van der Waals surface area contributed by atoms with E-state index in [1.54, 1.807) is 12.1 Å². The molecule has 104 valence electrons. The monoisotopic (exact) mass is 341 g/mol. The highest BCUT2D eigenvalue weighted by Crippen LogP contribution is 2.30. The summed E-state index contributed by atoms with van der Waals surface area (Å²) in [5, 5.41) is 3.22. The summed E-state index contributed by atoms with van der Waals surface area (Å²) in [5.74, 6) is -0.960. The first-order valence-corrected chi connectivity index (χ1v) is 7.28. The van der Waals surface area contributed by atoms with Crippen LogP contribution in [0, 0.1) is 6.92 Å². The van der Waals surface area contributed by atoms with Crippen molar-refractivity contribution < 1.29 is 9.59 Å². The largest absolute Gasteiger partial charge is 0.354 e. The molecule has 0 fully saturated rings. The number of carbonyl (C=O) groups excluding carboxylic acids is 2. The van der Waals surface area contributed by atoms with Crippen molar-refractivity contribution in [2.75, 3.05) is 5.32 Å². The van der Waals surface area contributed by atoms with E-state index in [0.29, 0.717) is 11.3 Å². The number of hydrogen-bond donors (Lipinski definition) is 1. The third-order valence-corrected chi connectivity index (χ3v) is 4.01. The van der Waals surface area contributed by atoms with Crippen LogP contribution in [-0.2, 0) is 4.79 Å². The topological polar surface area (TPSA) is 46.2 Å². The molecule has 2 aromatic rings. The van der Waals surface area contributed by atoms with Gasteiger partial charge in [0.25, 0.3) is 0 Å². The molecule has 0 amide bonds. The average Bonchev–Trinajstić information content (AvgIpc) is 2.47. The fourth-order valence-electron chi connectivity index (χ4n) is 2.29. The van der Waals surface area contributed by atoms with Crippen molar-refractivity contribution in [1.29, 1.82) is 0 Å². The summed E-state index contributed by atoms with van der Waals surface area (Å²) in [4.78, 5) is 23.7. The Bertz CT molecular complexity index is 793.